The number of para-hydroxylation sites is 1. The summed E-state index contributed by atoms with van der Waals surface area (Å²) in [6.07, 6.45) is 6.15. The number of hydrogen-bond donors (Lipinski definition) is 2. The number of methoxy groups -OCH3 is 1. The molecule has 3 aromatic rings. The van der Waals surface area contributed by atoms with Gasteiger partial charge >= 0.3 is 0 Å². The lowest BCUT2D eigenvalue weighted by atomic mass is 10.1. The van der Waals surface area contributed by atoms with Crippen LogP contribution in [0.25, 0.3) is 0 Å². The highest BCUT2D eigenvalue weighted by Gasteiger charge is 2.22. The van der Waals surface area contributed by atoms with Crippen molar-refractivity contribution in [3.8, 4) is 5.75 Å². The Balaban J connectivity index is 1.67. The van der Waals surface area contributed by atoms with Gasteiger partial charge in [0, 0.05) is 18.9 Å². The number of nitrogens with one attached hydrogen (secondary N) is 2. The number of benzene rings is 2. The highest BCUT2D eigenvalue weighted by atomic mass is 32.2. The van der Waals surface area contributed by atoms with E-state index in [9.17, 15) is 9.59 Å². The van der Waals surface area contributed by atoms with Crippen molar-refractivity contribution in [2.45, 2.75) is 25.6 Å². The number of carbonyl (C=O) groups excluding carboxylic acids is 2. The third-order valence-electron chi connectivity index (χ3n) is 5.05. The molecule has 2 aromatic carbocycles. The average molecular weight is 453 g/mol. The van der Waals surface area contributed by atoms with E-state index in [1.807, 2.05) is 47.5 Å². The lowest BCUT2D eigenvalue weighted by molar-refractivity contribution is -0.123. The minimum Gasteiger partial charge on any atom is -0.496 e. The molecule has 0 aliphatic carbocycles. The molecule has 1 heterocycles. The molecular weight excluding hydrogens is 424 g/mol. The zero-order valence-corrected chi connectivity index (χ0v) is 19.1. The van der Waals surface area contributed by atoms with Gasteiger partial charge in [0.15, 0.2) is 0 Å². The standard InChI is InChI=1S/C24H28N4O3S/c1-31-22-11-6-5-10-20(22)23(29)27-21(12-15-32-2)24(30)25-16-18-8-3-4-9-19(18)17-28-14-7-13-26-28/h3-11,13-14,21H,12,15-17H2,1-2H3,(H,25,30)(H,27,29). The monoisotopic (exact) mass is 452 g/mol. The summed E-state index contributed by atoms with van der Waals surface area (Å²) >= 11 is 1.63. The number of nitrogens with zero attached hydrogens (tertiary/aromatic N) is 2. The number of rotatable bonds is 11. The summed E-state index contributed by atoms with van der Waals surface area (Å²) in [6, 6.07) is 16.1. The fraction of sp³-hybridized carbons (Fsp3) is 0.292. The van der Waals surface area contributed by atoms with Crippen molar-refractivity contribution >= 4 is 23.6 Å². The largest absolute Gasteiger partial charge is 0.496 e. The first kappa shape index (κ1) is 23.4. The van der Waals surface area contributed by atoms with Crippen LogP contribution in [0.15, 0.2) is 67.0 Å². The molecule has 0 aliphatic rings. The van der Waals surface area contributed by atoms with Crippen molar-refractivity contribution in [3.63, 3.8) is 0 Å². The maximum absolute atomic E-state index is 13.0. The number of ether oxygens (including phenoxy) is 1. The van der Waals surface area contributed by atoms with Crippen LogP contribution in [0, 0.1) is 0 Å². The predicted molar refractivity (Wildman–Crippen MR) is 127 cm³/mol. The molecule has 1 unspecified atom stereocenters. The fourth-order valence-corrected chi connectivity index (χ4v) is 3.80. The van der Waals surface area contributed by atoms with Gasteiger partial charge < -0.3 is 15.4 Å². The summed E-state index contributed by atoms with van der Waals surface area (Å²) < 4.78 is 7.12. The summed E-state index contributed by atoms with van der Waals surface area (Å²) in [5.74, 6) is 0.681. The number of amides is 2. The molecule has 7 nitrogen and oxygen atoms in total. The molecule has 0 aliphatic heterocycles. The number of carbonyl (C=O) groups is 2. The Morgan fingerprint density at radius 1 is 1.09 bits per heavy atom. The second-order valence-electron chi connectivity index (χ2n) is 7.20. The van der Waals surface area contributed by atoms with E-state index in [4.69, 9.17) is 4.74 Å². The van der Waals surface area contributed by atoms with Crippen LogP contribution >= 0.6 is 11.8 Å². The average Bonchev–Trinajstić information content (AvgIpc) is 3.34. The Labute approximate surface area is 192 Å². The molecule has 1 atom stereocenters. The van der Waals surface area contributed by atoms with Crippen LogP contribution < -0.4 is 15.4 Å². The fourth-order valence-electron chi connectivity index (χ4n) is 3.33. The van der Waals surface area contributed by atoms with Gasteiger partial charge in [-0.2, -0.15) is 16.9 Å². The van der Waals surface area contributed by atoms with Gasteiger partial charge in [-0.1, -0.05) is 36.4 Å². The van der Waals surface area contributed by atoms with Gasteiger partial charge in [0.05, 0.1) is 19.2 Å². The molecule has 168 valence electrons. The quantitative estimate of drug-likeness (QED) is 0.467. The summed E-state index contributed by atoms with van der Waals surface area (Å²) in [5.41, 5.74) is 2.49. The van der Waals surface area contributed by atoms with Crippen molar-refractivity contribution in [1.82, 2.24) is 20.4 Å². The lowest BCUT2D eigenvalue weighted by Crippen LogP contribution is -2.47. The zero-order valence-electron chi connectivity index (χ0n) is 18.3. The lowest BCUT2D eigenvalue weighted by Gasteiger charge is -2.19. The van der Waals surface area contributed by atoms with Crippen LogP contribution in [-0.2, 0) is 17.9 Å². The van der Waals surface area contributed by atoms with Crippen molar-refractivity contribution in [2.75, 3.05) is 19.1 Å². The van der Waals surface area contributed by atoms with Gasteiger partial charge in [0.25, 0.3) is 5.91 Å². The Morgan fingerprint density at radius 3 is 2.56 bits per heavy atom. The van der Waals surface area contributed by atoms with E-state index in [2.05, 4.69) is 15.7 Å². The minimum absolute atomic E-state index is 0.212. The molecule has 2 N–H and O–H groups in total. The Kier molecular flexibility index (Phi) is 8.74. The molecule has 0 saturated carbocycles. The van der Waals surface area contributed by atoms with E-state index in [1.54, 1.807) is 42.2 Å². The number of hydrogen-bond acceptors (Lipinski definition) is 5. The molecule has 2 amide bonds. The smallest absolute Gasteiger partial charge is 0.255 e. The molecule has 32 heavy (non-hydrogen) atoms. The summed E-state index contributed by atoms with van der Waals surface area (Å²) in [6.45, 7) is 0.996. The van der Waals surface area contributed by atoms with Gasteiger partial charge in [-0.3, -0.25) is 14.3 Å². The molecule has 0 spiro atoms. The first-order valence-corrected chi connectivity index (χ1v) is 11.8. The molecule has 0 fully saturated rings. The molecule has 3 rings (SSSR count). The van der Waals surface area contributed by atoms with Gasteiger partial charge in [-0.15, -0.1) is 0 Å². The Bertz CT molecular complexity index is 1020. The van der Waals surface area contributed by atoms with Crippen LogP contribution in [-0.4, -0.2) is 46.8 Å². The van der Waals surface area contributed by atoms with E-state index in [1.165, 1.54) is 7.11 Å². The predicted octanol–water partition coefficient (Wildman–Crippen LogP) is 3.11. The van der Waals surface area contributed by atoms with Crippen LogP contribution in [0.2, 0.25) is 0 Å². The first-order chi connectivity index (χ1) is 15.6. The zero-order chi connectivity index (χ0) is 22.8. The third kappa shape index (κ3) is 6.37. The first-order valence-electron chi connectivity index (χ1n) is 10.4. The normalized spacial score (nSPS) is 11.6. The highest BCUT2D eigenvalue weighted by molar-refractivity contribution is 7.98. The van der Waals surface area contributed by atoms with E-state index in [0.717, 1.165) is 16.9 Å². The van der Waals surface area contributed by atoms with Crippen LogP contribution in [0.5, 0.6) is 5.75 Å². The van der Waals surface area contributed by atoms with E-state index < -0.39 is 6.04 Å². The van der Waals surface area contributed by atoms with Crippen LogP contribution in [0.1, 0.15) is 27.9 Å². The number of aromatic nitrogens is 2. The SMILES string of the molecule is COc1ccccc1C(=O)NC(CCSC)C(=O)NCc1ccccc1Cn1cccn1. The van der Waals surface area contributed by atoms with Crippen molar-refractivity contribution in [1.29, 1.82) is 0 Å². The Morgan fingerprint density at radius 2 is 1.84 bits per heavy atom. The van der Waals surface area contributed by atoms with Gasteiger partial charge in [0.2, 0.25) is 5.91 Å². The molecule has 8 heteroatoms. The molecule has 0 saturated heterocycles. The summed E-state index contributed by atoms with van der Waals surface area (Å²) in [5, 5.41) is 10.1. The second kappa shape index (κ2) is 12.0. The molecule has 0 bridgehead atoms. The topological polar surface area (TPSA) is 85.2 Å². The second-order valence-corrected chi connectivity index (χ2v) is 8.18. The molecule has 1 aromatic heterocycles. The van der Waals surface area contributed by atoms with Crippen molar-refractivity contribution < 1.29 is 14.3 Å². The maximum Gasteiger partial charge on any atom is 0.255 e. The maximum atomic E-state index is 13.0. The van der Waals surface area contributed by atoms with Crippen LogP contribution in [0.4, 0.5) is 0 Å². The van der Waals surface area contributed by atoms with E-state index in [-0.39, 0.29) is 11.8 Å². The van der Waals surface area contributed by atoms with E-state index >= 15 is 0 Å². The van der Waals surface area contributed by atoms with Crippen molar-refractivity contribution in [3.05, 3.63) is 83.7 Å². The summed E-state index contributed by atoms with van der Waals surface area (Å²) in [7, 11) is 1.52. The van der Waals surface area contributed by atoms with Crippen molar-refractivity contribution in [2.24, 2.45) is 0 Å². The molecular formula is C24H28N4O3S. The van der Waals surface area contributed by atoms with Crippen LogP contribution in [0.3, 0.4) is 0 Å². The summed E-state index contributed by atoms with van der Waals surface area (Å²) in [4.78, 5) is 25.8. The van der Waals surface area contributed by atoms with Gasteiger partial charge in [0.1, 0.15) is 11.8 Å². The van der Waals surface area contributed by atoms with Gasteiger partial charge in [-0.05, 0) is 47.8 Å². The van der Waals surface area contributed by atoms with E-state index in [0.29, 0.717) is 30.8 Å². The minimum atomic E-state index is -0.641. The third-order valence-corrected chi connectivity index (χ3v) is 5.69. The Hall–Kier alpha value is -3.26. The number of thioether (sulfide) groups is 1. The van der Waals surface area contributed by atoms with Gasteiger partial charge in [-0.25, -0.2) is 0 Å². The molecule has 0 radical (unpaired) electrons. The highest BCUT2D eigenvalue weighted by Crippen LogP contribution is 2.17.